The average Bonchev–Trinajstić information content (AvgIpc) is 3.36. The molecule has 1 unspecified atom stereocenters. The fourth-order valence-corrected chi connectivity index (χ4v) is 6.03. The lowest BCUT2D eigenvalue weighted by Gasteiger charge is -2.45. The maximum Gasteiger partial charge on any atom is 0.305 e. The Labute approximate surface area is 246 Å². The average molecular weight is 602 g/mol. The summed E-state index contributed by atoms with van der Waals surface area (Å²) in [5.41, 5.74) is 3.72. The summed E-state index contributed by atoms with van der Waals surface area (Å²) < 4.78 is 41.3. The van der Waals surface area contributed by atoms with Crippen molar-refractivity contribution in [3.63, 3.8) is 0 Å². The van der Waals surface area contributed by atoms with Gasteiger partial charge in [-0.25, -0.2) is 4.98 Å². The minimum atomic E-state index is -1.42. The molecule has 2 aromatic heterocycles. The highest BCUT2D eigenvalue weighted by atomic mass is 32.1. The van der Waals surface area contributed by atoms with Gasteiger partial charge < -0.3 is 23.7 Å². The van der Waals surface area contributed by atoms with Crippen molar-refractivity contribution in [1.29, 1.82) is 0 Å². The predicted molar refractivity (Wildman–Crippen MR) is 148 cm³/mol. The van der Waals surface area contributed by atoms with E-state index in [2.05, 4.69) is 4.98 Å². The van der Waals surface area contributed by atoms with Crippen molar-refractivity contribution >= 4 is 35.2 Å². The van der Waals surface area contributed by atoms with Gasteiger partial charge in [0.2, 0.25) is 18.3 Å². The molecular weight excluding hydrogens is 569 g/mol. The van der Waals surface area contributed by atoms with Crippen LogP contribution in [0.3, 0.4) is 0 Å². The number of ether oxygens (including phenoxy) is 5. The normalized spacial score (nSPS) is 24.0. The third-order valence-electron chi connectivity index (χ3n) is 6.78. The van der Waals surface area contributed by atoms with Gasteiger partial charge in [-0.05, 0) is 55.2 Å². The van der Waals surface area contributed by atoms with Crippen LogP contribution < -0.4 is 0 Å². The third kappa shape index (κ3) is 7.68. The third-order valence-corrected chi connectivity index (χ3v) is 7.92. The van der Waals surface area contributed by atoms with E-state index in [1.54, 1.807) is 17.4 Å². The van der Waals surface area contributed by atoms with Crippen LogP contribution in [0.25, 0.3) is 10.4 Å². The lowest BCUT2D eigenvalue weighted by atomic mass is 9.84. The van der Waals surface area contributed by atoms with Gasteiger partial charge in [-0.15, -0.1) is 11.3 Å². The monoisotopic (exact) mass is 601 g/mol. The van der Waals surface area contributed by atoms with Crippen molar-refractivity contribution in [2.45, 2.75) is 84.6 Å². The highest BCUT2D eigenvalue weighted by Crippen LogP contribution is 2.38. The van der Waals surface area contributed by atoms with Crippen molar-refractivity contribution < 1.29 is 47.3 Å². The van der Waals surface area contributed by atoms with Crippen LogP contribution in [0, 0.1) is 5.95 Å². The molecule has 0 amide bonds. The van der Waals surface area contributed by atoms with Gasteiger partial charge in [-0.1, -0.05) is 11.6 Å². The zero-order chi connectivity index (χ0) is 30.6. The second-order valence-electron chi connectivity index (χ2n) is 10.1. The molecule has 12 heteroatoms. The SMILES string of the molecule is CC(=O)O[C@H]1OC(C2=CC(Cc3ccc(-c4ccc(F)nc4)s3)=C(C)CC2)[C@H](OC(C)=O)[C@@H](OC(C)=O)[C@@H]1OC(C)=O. The molecule has 5 atom stereocenters. The van der Waals surface area contributed by atoms with Gasteiger partial charge in [0.1, 0.15) is 6.10 Å². The summed E-state index contributed by atoms with van der Waals surface area (Å²) >= 11 is 1.56. The summed E-state index contributed by atoms with van der Waals surface area (Å²) in [5, 5.41) is 0. The highest BCUT2D eigenvalue weighted by molar-refractivity contribution is 7.15. The first-order chi connectivity index (χ1) is 19.9. The molecular formula is C30H32FNO9S. The van der Waals surface area contributed by atoms with Gasteiger partial charge in [0, 0.05) is 55.6 Å². The Morgan fingerprint density at radius 1 is 0.881 bits per heavy atom. The lowest BCUT2D eigenvalue weighted by molar-refractivity contribution is -0.289. The van der Waals surface area contributed by atoms with E-state index in [4.69, 9.17) is 23.7 Å². The molecule has 10 nitrogen and oxygen atoms in total. The van der Waals surface area contributed by atoms with Gasteiger partial charge in [0.05, 0.1) is 0 Å². The summed E-state index contributed by atoms with van der Waals surface area (Å²) in [7, 11) is 0. The Balaban J connectivity index is 1.67. The number of halogens is 1. The highest BCUT2D eigenvalue weighted by Gasteiger charge is 2.54. The first kappa shape index (κ1) is 31.0. The molecule has 1 fully saturated rings. The van der Waals surface area contributed by atoms with Gasteiger partial charge in [0.25, 0.3) is 0 Å². The van der Waals surface area contributed by atoms with E-state index in [0.717, 1.165) is 39.0 Å². The number of aromatic nitrogens is 1. The Morgan fingerprint density at radius 3 is 2.14 bits per heavy atom. The predicted octanol–water partition coefficient (Wildman–Crippen LogP) is 4.61. The van der Waals surface area contributed by atoms with Crippen molar-refractivity contribution in [2.75, 3.05) is 0 Å². The zero-order valence-corrected chi connectivity index (χ0v) is 24.7. The minimum absolute atomic E-state index is 0.534. The molecule has 2 aliphatic rings. The summed E-state index contributed by atoms with van der Waals surface area (Å²) in [5.74, 6) is -3.36. The molecule has 0 saturated carbocycles. The van der Waals surface area contributed by atoms with E-state index in [-0.39, 0.29) is 0 Å². The fourth-order valence-electron chi connectivity index (χ4n) is 5.01. The number of carbonyl (C=O) groups excluding carboxylic acids is 4. The number of hydrogen-bond acceptors (Lipinski definition) is 11. The molecule has 0 radical (unpaired) electrons. The van der Waals surface area contributed by atoms with Crippen molar-refractivity contribution in [1.82, 2.24) is 4.98 Å². The number of rotatable bonds is 8. The molecule has 0 bridgehead atoms. The number of esters is 4. The van der Waals surface area contributed by atoms with E-state index in [0.29, 0.717) is 19.3 Å². The quantitative estimate of drug-likeness (QED) is 0.240. The fraction of sp³-hybridized carbons (Fsp3) is 0.433. The number of allylic oxidation sites excluding steroid dienone is 3. The minimum Gasteiger partial charge on any atom is -0.455 e. The molecule has 224 valence electrons. The first-order valence-electron chi connectivity index (χ1n) is 13.3. The summed E-state index contributed by atoms with van der Waals surface area (Å²) in [6.45, 7) is 6.73. The van der Waals surface area contributed by atoms with E-state index < -0.39 is 60.5 Å². The van der Waals surface area contributed by atoms with Crippen LogP contribution in [0.2, 0.25) is 0 Å². The van der Waals surface area contributed by atoms with Crippen LogP contribution in [-0.2, 0) is 49.3 Å². The number of hydrogen-bond donors (Lipinski definition) is 0. The molecule has 3 heterocycles. The standard InChI is InChI=1S/C30H32FNO9S/c1-15-6-7-20(12-22(15)13-23-9-10-24(42-23)21-8-11-25(31)32-14-21)26-27(37-16(2)33)28(38-17(3)34)29(39-18(4)35)30(41-26)40-19(5)36/h8-12,14,26-30H,6-7,13H2,1-5H3/t26?,27-,28+,29-,30-/m0/s1. The molecule has 0 aromatic carbocycles. The maximum absolute atomic E-state index is 13.3. The molecule has 42 heavy (non-hydrogen) atoms. The Bertz CT molecular complexity index is 1410. The molecule has 4 rings (SSSR count). The van der Waals surface area contributed by atoms with Crippen molar-refractivity contribution in [3.05, 3.63) is 64.1 Å². The molecule has 1 aliphatic heterocycles. The Kier molecular flexibility index (Phi) is 9.89. The van der Waals surface area contributed by atoms with E-state index in [1.165, 1.54) is 33.0 Å². The number of carbonyl (C=O) groups is 4. The number of thiophene rings is 1. The van der Waals surface area contributed by atoms with Gasteiger partial charge in [-0.2, -0.15) is 4.39 Å². The zero-order valence-electron chi connectivity index (χ0n) is 23.9. The smallest absolute Gasteiger partial charge is 0.305 e. The Morgan fingerprint density at radius 2 is 1.52 bits per heavy atom. The largest absolute Gasteiger partial charge is 0.455 e. The summed E-state index contributed by atoms with van der Waals surface area (Å²) in [6, 6.07) is 6.96. The van der Waals surface area contributed by atoms with E-state index in [9.17, 15) is 23.6 Å². The summed E-state index contributed by atoms with van der Waals surface area (Å²) in [6.07, 6.45) is -1.00. The van der Waals surface area contributed by atoms with Crippen LogP contribution in [0.15, 0.2) is 53.3 Å². The summed E-state index contributed by atoms with van der Waals surface area (Å²) in [4.78, 5) is 53.9. The van der Waals surface area contributed by atoms with Crippen LogP contribution in [-0.4, -0.2) is 59.6 Å². The lowest BCUT2D eigenvalue weighted by Crippen LogP contribution is -2.62. The molecule has 1 saturated heterocycles. The second-order valence-corrected chi connectivity index (χ2v) is 11.3. The van der Waals surface area contributed by atoms with Crippen LogP contribution in [0.5, 0.6) is 0 Å². The molecule has 0 N–H and O–H groups in total. The van der Waals surface area contributed by atoms with Crippen molar-refractivity contribution in [2.24, 2.45) is 0 Å². The molecule has 2 aromatic rings. The Hall–Kier alpha value is -3.90. The van der Waals surface area contributed by atoms with Gasteiger partial charge >= 0.3 is 23.9 Å². The van der Waals surface area contributed by atoms with Gasteiger partial charge in [0.15, 0.2) is 12.2 Å². The number of nitrogens with zero attached hydrogens (tertiary/aromatic N) is 1. The van der Waals surface area contributed by atoms with Crippen LogP contribution in [0.4, 0.5) is 4.39 Å². The second kappa shape index (κ2) is 13.4. The molecule has 1 aliphatic carbocycles. The first-order valence-corrected chi connectivity index (χ1v) is 14.2. The molecule has 0 spiro atoms. The van der Waals surface area contributed by atoms with Gasteiger partial charge in [-0.3, -0.25) is 19.2 Å². The van der Waals surface area contributed by atoms with Crippen LogP contribution in [0.1, 0.15) is 52.3 Å². The van der Waals surface area contributed by atoms with Crippen molar-refractivity contribution in [3.8, 4) is 10.4 Å². The van der Waals surface area contributed by atoms with E-state index in [1.807, 2.05) is 25.1 Å². The maximum atomic E-state index is 13.3. The van der Waals surface area contributed by atoms with Crippen LogP contribution >= 0.6 is 11.3 Å². The topological polar surface area (TPSA) is 127 Å². The number of pyridine rings is 1. The van der Waals surface area contributed by atoms with E-state index >= 15 is 0 Å².